The summed E-state index contributed by atoms with van der Waals surface area (Å²) < 4.78 is 0. The van der Waals surface area contributed by atoms with E-state index in [1.807, 2.05) is 13.8 Å². The maximum absolute atomic E-state index is 11.6. The second-order valence-corrected chi connectivity index (χ2v) is 4.62. The Balaban J connectivity index is 2.71. The van der Waals surface area contributed by atoms with E-state index in [-0.39, 0.29) is 11.9 Å². The SMILES string of the molecule is CC(C)NC(=O)c1ccc(C=CC(=O)O)s1. The van der Waals surface area contributed by atoms with Crippen LogP contribution in [-0.2, 0) is 4.79 Å². The number of carboxylic acid groups (broad SMARTS) is 1. The molecule has 1 aromatic heterocycles. The molecule has 0 aliphatic rings. The molecule has 4 nitrogen and oxygen atoms in total. The predicted molar refractivity (Wildman–Crippen MR) is 63.6 cm³/mol. The van der Waals surface area contributed by atoms with Gasteiger partial charge in [0, 0.05) is 17.0 Å². The van der Waals surface area contributed by atoms with Crippen molar-refractivity contribution in [1.29, 1.82) is 0 Å². The predicted octanol–water partition coefficient (Wildman–Crippen LogP) is 1.98. The van der Waals surface area contributed by atoms with Gasteiger partial charge in [0.05, 0.1) is 4.88 Å². The number of rotatable bonds is 4. The fraction of sp³-hybridized carbons (Fsp3) is 0.273. The van der Waals surface area contributed by atoms with E-state index in [0.29, 0.717) is 4.88 Å². The Hall–Kier alpha value is -1.62. The van der Waals surface area contributed by atoms with E-state index in [1.54, 1.807) is 12.1 Å². The zero-order valence-corrected chi connectivity index (χ0v) is 9.88. The first kappa shape index (κ1) is 12.4. The number of aliphatic carboxylic acids is 1. The van der Waals surface area contributed by atoms with Crippen molar-refractivity contribution in [2.75, 3.05) is 0 Å². The first-order chi connectivity index (χ1) is 7.49. The van der Waals surface area contributed by atoms with Crippen LogP contribution in [0.15, 0.2) is 18.2 Å². The van der Waals surface area contributed by atoms with Crippen LogP contribution in [-0.4, -0.2) is 23.0 Å². The number of nitrogens with one attached hydrogen (secondary N) is 1. The maximum atomic E-state index is 11.6. The van der Waals surface area contributed by atoms with Gasteiger partial charge in [-0.1, -0.05) is 0 Å². The zero-order valence-electron chi connectivity index (χ0n) is 9.06. The van der Waals surface area contributed by atoms with E-state index in [1.165, 1.54) is 17.4 Å². The van der Waals surface area contributed by atoms with E-state index < -0.39 is 5.97 Å². The number of carbonyl (C=O) groups excluding carboxylic acids is 1. The van der Waals surface area contributed by atoms with Crippen LogP contribution in [0.5, 0.6) is 0 Å². The lowest BCUT2D eigenvalue weighted by Gasteiger charge is -2.05. The Bertz CT molecular complexity index is 421. The first-order valence-corrected chi connectivity index (χ1v) is 5.62. The van der Waals surface area contributed by atoms with Gasteiger partial charge in [-0.15, -0.1) is 11.3 Å². The summed E-state index contributed by atoms with van der Waals surface area (Å²) >= 11 is 1.26. The highest BCUT2D eigenvalue weighted by molar-refractivity contribution is 7.14. The zero-order chi connectivity index (χ0) is 12.1. The van der Waals surface area contributed by atoms with E-state index >= 15 is 0 Å². The molecule has 0 unspecified atom stereocenters. The summed E-state index contributed by atoms with van der Waals surface area (Å²) in [6.45, 7) is 3.77. The van der Waals surface area contributed by atoms with E-state index in [2.05, 4.69) is 5.32 Å². The van der Waals surface area contributed by atoms with Gasteiger partial charge in [0.25, 0.3) is 5.91 Å². The molecular formula is C11H13NO3S. The second kappa shape index (κ2) is 5.46. The molecule has 1 amide bonds. The van der Waals surface area contributed by atoms with Gasteiger partial charge in [-0.25, -0.2) is 4.79 Å². The lowest BCUT2D eigenvalue weighted by atomic mass is 10.3. The van der Waals surface area contributed by atoms with Crippen LogP contribution >= 0.6 is 11.3 Å². The van der Waals surface area contributed by atoms with Gasteiger partial charge in [-0.3, -0.25) is 4.79 Å². The second-order valence-electron chi connectivity index (χ2n) is 3.50. The van der Waals surface area contributed by atoms with E-state index in [0.717, 1.165) is 11.0 Å². The van der Waals surface area contributed by atoms with Crippen molar-refractivity contribution in [3.05, 3.63) is 28.0 Å². The quantitative estimate of drug-likeness (QED) is 0.789. The molecule has 0 aliphatic heterocycles. The van der Waals surface area contributed by atoms with E-state index in [4.69, 9.17) is 5.11 Å². The lowest BCUT2D eigenvalue weighted by Crippen LogP contribution is -2.29. The Morgan fingerprint density at radius 2 is 2.12 bits per heavy atom. The summed E-state index contributed by atoms with van der Waals surface area (Å²) in [6, 6.07) is 3.50. The molecule has 2 N–H and O–H groups in total. The van der Waals surface area contributed by atoms with Gasteiger partial charge < -0.3 is 10.4 Å². The Morgan fingerprint density at radius 3 is 2.69 bits per heavy atom. The minimum absolute atomic E-state index is 0.0904. The number of hydrogen-bond acceptors (Lipinski definition) is 3. The van der Waals surface area contributed by atoms with Crippen molar-refractivity contribution in [3.8, 4) is 0 Å². The standard InChI is InChI=1S/C11H13NO3S/c1-7(2)12-11(15)9-5-3-8(16-9)4-6-10(13)14/h3-7H,1-2H3,(H,12,15)(H,13,14). The Kier molecular flexibility index (Phi) is 4.25. The Morgan fingerprint density at radius 1 is 1.44 bits per heavy atom. The van der Waals surface area contributed by atoms with Crippen LogP contribution in [0.3, 0.4) is 0 Å². The van der Waals surface area contributed by atoms with Crippen LogP contribution in [0.2, 0.25) is 0 Å². The fourth-order valence-electron chi connectivity index (χ4n) is 1.05. The molecule has 86 valence electrons. The largest absolute Gasteiger partial charge is 0.478 e. The van der Waals surface area contributed by atoms with Gasteiger partial charge in [-0.05, 0) is 32.1 Å². The van der Waals surface area contributed by atoms with E-state index in [9.17, 15) is 9.59 Å². The van der Waals surface area contributed by atoms with Crippen LogP contribution in [0, 0.1) is 0 Å². The van der Waals surface area contributed by atoms with Gasteiger partial charge >= 0.3 is 5.97 Å². The molecule has 1 aromatic rings. The lowest BCUT2D eigenvalue weighted by molar-refractivity contribution is -0.131. The Labute approximate surface area is 97.6 Å². The summed E-state index contributed by atoms with van der Waals surface area (Å²) in [6.07, 6.45) is 2.52. The summed E-state index contributed by atoms with van der Waals surface area (Å²) in [5.74, 6) is -1.13. The van der Waals surface area contributed by atoms with Crippen LogP contribution in [0.1, 0.15) is 28.4 Å². The smallest absolute Gasteiger partial charge is 0.328 e. The molecule has 0 atom stereocenters. The molecule has 16 heavy (non-hydrogen) atoms. The van der Waals surface area contributed by atoms with Crippen LogP contribution in [0.25, 0.3) is 6.08 Å². The minimum Gasteiger partial charge on any atom is -0.478 e. The third-order valence-corrected chi connectivity index (χ3v) is 2.71. The average Bonchev–Trinajstić information content (AvgIpc) is 2.61. The number of amides is 1. The van der Waals surface area contributed by atoms with Crippen LogP contribution in [0.4, 0.5) is 0 Å². The molecule has 1 rings (SSSR count). The summed E-state index contributed by atoms with van der Waals surface area (Å²) in [4.78, 5) is 23.2. The first-order valence-electron chi connectivity index (χ1n) is 4.80. The molecule has 0 saturated heterocycles. The molecule has 1 heterocycles. The third kappa shape index (κ3) is 3.86. The maximum Gasteiger partial charge on any atom is 0.328 e. The van der Waals surface area contributed by atoms with Crippen molar-refractivity contribution in [2.45, 2.75) is 19.9 Å². The van der Waals surface area contributed by atoms with Gasteiger partial charge in [0.1, 0.15) is 0 Å². The highest BCUT2D eigenvalue weighted by Crippen LogP contribution is 2.17. The molecule has 0 spiro atoms. The highest BCUT2D eigenvalue weighted by Gasteiger charge is 2.08. The van der Waals surface area contributed by atoms with Crippen molar-refractivity contribution in [3.63, 3.8) is 0 Å². The molecule has 0 bridgehead atoms. The highest BCUT2D eigenvalue weighted by atomic mass is 32.1. The number of hydrogen-bond donors (Lipinski definition) is 2. The van der Waals surface area contributed by atoms with Gasteiger partial charge in [0.2, 0.25) is 0 Å². The molecule has 0 saturated carbocycles. The molecule has 0 aromatic carbocycles. The average molecular weight is 239 g/mol. The summed E-state index contributed by atoms with van der Waals surface area (Å²) in [5, 5.41) is 11.2. The molecule has 0 fully saturated rings. The molecular weight excluding hydrogens is 226 g/mol. The number of thiophene rings is 1. The summed E-state index contributed by atoms with van der Waals surface area (Å²) in [7, 11) is 0. The molecule has 5 heteroatoms. The summed E-state index contributed by atoms with van der Waals surface area (Å²) in [5.41, 5.74) is 0. The van der Waals surface area contributed by atoms with Gasteiger partial charge in [-0.2, -0.15) is 0 Å². The monoisotopic (exact) mass is 239 g/mol. The van der Waals surface area contributed by atoms with Crippen molar-refractivity contribution in [1.82, 2.24) is 5.32 Å². The van der Waals surface area contributed by atoms with Gasteiger partial charge in [0.15, 0.2) is 0 Å². The number of carboxylic acids is 1. The normalized spacial score (nSPS) is 10.9. The van der Waals surface area contributed by atoms with Crippen LogP contribution < -0.4 is 5.32 Å². The van der Waals surface area contributed by atoms with Crippen molar-refractivity contribution < 1.29 is 14.7 Å². The van der Waals surface area contributed by atoms with Crippen molar-refractivity contribution >= 4 is 29.3 Å². The topological polar surface area (TPSA) is 66.4 Å². The molecule has 0 aliphatic carbocycles. The molecule has 0 radical (unpaired) electrons. The minimum atomic E-state index is -0.999. The fourth-order valence-corrected chi connectivity index (χ4v) is 1.86. The van der Waals surface area contributed by atoms with Crippen molar-refractivity contribution in [2.24, 2.45) is 0 Å². The number of carbonyl (C=O) groups is 2. The third-order valence-electron chi connectivity index (χ3n) is 1.66.